The van der Waals surface area contributed by atoms with Crippen molar-refractivity contribution in [3.8, 4) is 0 Å². The second-order valence-corrected chi connectivity index (χ2v) is 6.08. The molecule has 0 saturated carbocycles. The Morgan fingerprint density at radius 1 is 1.29 bits per heavy atom. The fourth-order valence-electron chi connectivity index (χ4n) is 3.05. The van der Waals surface area contributed by atoms with Crippen molar-refractivity contribution in [3.05, 3.63) is 35.6 Å². The Kier molecular flexibility index (Phi) is 3.83. The van der Waals surface area contributed by atoms with E-state index in [1.54, 1.807) is 0 Å². The molecular weight excluding hydrogens is 264 g/mol. The second kappa shape index (κ2) is 5.62. The lowest BCUT2D eigenvalue weighted by atomic mass is 10.1. The predicted molar refractivity (Wildman–Crippen MR) is 83.8 cm³/mol. The Morgan fingerprint density at radius 2 is 2.10 bits per heavy atom. The monoisotopic (exact) mass is 286 g/mol. The van der Waals surface area contributed by atoms with E-state index >= 15 is 0 Å². The standard InChI is InChI=1S/C17H22N2O2/c1-12-6-4-7-13-10-15(21-17(12)13)16(20)14-11-18(2)8-5-9-19(14)3/h4,6-7,10,14H,5,8-9,11H2,1-3H3. The fourth-order valence-corrected chi connectivity index (χ4v) is 3.05. The van der Waals surface area contributed by atoms with Crippen molar-refractivity contribution in [3.63, 3.8) is 0 Å². The molecule has 2 heterocycles. The Balaban J connectivity index is 1.93. The van der Waals surface area contributed by atoms with Gasteiger partial charge >= 0.3 is 0 Å². The minimum atomic E-state index is -0.127. The normalized spacial score (nSPS) is 21.6. The first-order valence-electron chi connectivity index (χ1n) is 7.48. The van der Waals surface area contributed by atoms with Crippen LogP contribution >= 0.6 is 0 Å². The minimum absolute atomic E-state index is 0.0850. The van der Waals surface area contributed by atoms with Gasteiger partial charge in [0.15, 0.2) is 5.76 Å². The maximum atomic E-state index is 12.8. The van der Waals surface area contributed by atoms with E-state index in [1.807, 2.05) is 38.2 Å². The smallest absolute Gasteiger partial charge is 0.216 e. The van der Waals surface area contributed by atoms with Gasteiger partial charge in [0.2, 0.25) is 5.78 Å². The first-order valence-corrected chi connectivity index (χ1v) is 7.48. The molecule has 21 heavy (non-hydrogen) atoms. The van der Waals surface area contributed by atoms with Crippen LogP contribution in [0.2, 0.25) is 0 Å². The summed E-state index contributed by atoms with van der Waals surface area (Å²) in [5, 5.41) is 1.00. The molecule has 3 rings (SSSR count). The number of furan rings is 1. The molecule has 112 valence electrons. The number of fused-ring (bicyclic) bond motifs is 1. The quantitative estimate of drug-likeness (QED) is 0.795. The maximum Gasteiger partial charge on any atom is 0.216 e. The largest absolute Gasteiger partial charge is 0.453 e. The average Bonchev–Trinajstić information content (AvgIpc) is 2.82. The molecule has 4 nitrogen and oxygen atoms in total. The van der Waals surface area contributed by atoms with Crippen LogP contribution < -0.4 is 0 Å². The van der Waals surface area contributed by atoms with Crippen LogP contribution in [0, 0.1) is 6.92 Å². The number of rotatable bonds is 2. The average molecular weight is 286 g/mol. The van der Waals surface area contributed by atoms with E-state index in [0.717, 1.165) is 42.6 Å². The number of benzene rings is 1. The number of hydrogen-bond acceptors (Lipinski definition) is 4. The molecule has 1 aliphatic rings. The number of hydrogen-bond donors (Lipinski definition) is 0. The summed E-state index contributed by atoms with van der Waals surface area (Å²) in [5.74, 6) is 0.563. The molecule has 0 spiro atoms. The fraction of sp³-hybridized carbons (Fsp3) is 0.471. The van der Waals surface area contributed by atoms with Crippen LogP contribution in [-0.2, 0) is 0 Å². The van der Waals surface area contributed by atoms with Gasteiger partial charge in [-0.3, -0.25) is 9.69 Å². The van der Waals surface area contributed by atoms with E-state index in [9.17, 15) is 4.79 Å². The van der Waals surface area contributed by atoms with Crippen molar-refractivity contribution in [2.75, 3.05) is 33.7 Å². The summed E-state index contributed by atoms with van der Waals surface area (Å²) >= 11 is 0. The van der Waals surface area contributed by atoms with Crippen molar-refractivity contribution in [1.82, 2.24) is 9.80 Å². The summed E-state index contributed by atoms with van der Waals surface area (Å²) in [4.78, 5) is 17.2. The first-order chi connectivity index (χ1) is 10.1. The molecule has 1 aromatic carbocycles. The van der Waals surface area contributed by atoms with Crippen molar-refractivity contribution in [1.29, 1.82) is 0 Å². The molecule has 0 N–H and O–H groups in total. The molecule has 1 atom stereocenters. The van der Waals surface area contributed by atoms with Gasteiger partial charge in [0.1, 0.15) is 5.58 Å². The van der Waals surface area contributed by atoms with Gasteiger partial charge in [-0.2, -0.15) is 0 Å². The van der Waals surface area contributed by atoms with Crippen LogP contribution in [-0.4, -0.2) is 55.4 Å². The highest BCUT2D eigenvalue weighted by Gasteiger charge is 2.29. The van der Waals surface area contributed by atoms with Gasteiger partial charge in [0, 0.05) is 11.9 Å². The van der Waals surface area contributed by atoms with E-state index in [4.69, 9.17) is 4.42 Å². The van der Waals surface area contributed by atoms with Gasteiger partial charge in [0.05, 0.1) is 6.04 Å². The summed E-state index contributed by atoms with van der Waals surface area (Å²) in [6.45, 7) is 4.74. The molecule has 1 aromatic heterocycles. The molecule has 0 aliphatic carbocycles. The summed E-state index contributed by atoms with van der Waals surface area (Å²) in [7, 11) is 4.10. The summed E-state index contributed by atoms with van der Waals surface area (Å²) in [6, 6.07) is 7.74. The van der Waals surface area contributed by atoms with Gasteiger partial charge in [-0.1, -0.05) is 18.2 Å². The van der Waals surface area contributed by atoms with Crippen molar-refractivity contribution in [2.45, 2.75) is 19.4 Å². The van der Waals surface area contributed by atoms with Crippen molar-refractivity contribution >= 4 is 16.8 Å². The number of likely N-dealkylation sites (N-methyl/N-ethyl adjacent to an activating group) is 2. The second-order valence-electron chi connectivity index (χ2n) is 6.08. The van der Waals surface area contributed by atoms with Crippen LogP contribution in [0.25, 0.3) is 11.0 Å². The molecule has 0 radical (unpaired) electrons. The lowest BCUT2D eigenvalue weighted by Crippen LogP contribution is -2.43. The highest BCUT2D eigenvalue weighted by molar-refractivity contribution is 6.01. The predicted octanol–water partition coefficient (Wildman–Crippen LogP) is 2.56. The van der Waals surface area contributed by atoms with Crippen LogP contribution in [0.4, 0.5) is 0 Å². The molecule has 0 amide bonds. The zero-order valence-corrected chi connectivity index (χ0v) is 12.9. The Labute approximate surface area is 125 Å². The third-order valence-electron chi connectivity index (χ3n) is 4.35. The molecule has 1 aliphatic heterocycles. The van der Waals surface area contributed by atoms with E-state index in [-0.39, 0.29) is 11.8 Å². The Bertz CT molecular complexity index is 662. The van der Waals surface area contributed by atoms with Crippen molar-refractivity contribution in [2.24, 2.45) is 0 Å². The molecule has 4 heteroatoms. The van der Waals surface area contributed by atoms with Crippen LogP contribution in [0.15, 0.2) is 28.7 Å². The molecular formula is C17H22N2O2. The van der Waals surface area contributed by atoms with E-state index in [0.29, 0.717) is 5.76 Å². The Hall–Kier alpha value is -1.65. The van der Waals surface area contributed by atoms with Gasteiger partial charge < -0.3 is 9.32 Å². The van der Waals surface area contributed by atoms with E-state index in [1.165, 1.54) is 0 Å². The molecule has 0 bridgehead atoms. The summed E-state index contributed by atoms with van der Waals surface area (Å²) < 4.78 is 5.84. The number of Topliss-reactive ketones (excluding diaryl/α,β-unsaturated/α-hetero) is 1. The van der Waals surface area contributed by atoms with Crippen LogP contribution in [0.5, 0.6) is 0 Å². The first kappa shape index (κ1) is 14.3. The van der Waals surface area contributed by atoms with Gasteiger partial charge in [-0.25, -0.2) is 0 Å². The number of aryl methyl sites for hydroxylation is 1. The minimum Gasteiger partial charge on any atom is -0.453 e. The summed E-state index contributed by atoms with van der Waals surface area (Å²) in [5.41, 5.74) is 1.89. The molecule has 1 fully saturated rings. The van der Waals surface area contributed by atoms with Crippen LogP contribution in [0.3, 0.4) is 0 Å². The van der Waals surface area contributed by atoms with Crippen LogP contribution in [0.1, 0.15) is 22.5 Å². The number of nitrogens with zero attached hydrogens (tertiary/aromatic N) is 2. The number of carbonyl (C=O) groups excluding carboxylic acids is 1. The number of para-hydroxylation sites is 1. The molecule has 1 saturated heterocycles. The van der Waals surface area contributed by atoms with Gasteiger partial charge in [0.25, 0.3) is 0 Å². The number of ketones is 1. The lowest BCUT2D eigenvalue weighted by Gasteiger charge is -2.25. The maximum absolute atomic E-state index is 12.8. The number of carbonyl (C=O) groups is 1. The zero-order valence-electron chi connectivity index (χ0n) is 12.9. The third-order valence-corrected chi connectivity index (χ3v) is 4.35. The highest BCUT2D eigenvalue weighted by atomic mass is 16.3. The third kappa shape index (κ3) is 2.74. The Morgan fingerprint density at radius 3 is 2.86 bits per heavy atom. The molecule has 1 unspecified atom stereocenters. The molecule has 2 aromatic rings. The zero-order chi connectivity index (χ0) is 15.0. The van der Waals surface area contributed by atoms with E-state index in [2.05, 4.69) is 16.8 Å². The SMILES string of the molecule is Cc1cccc2cc(C(=O)C3CN(C)CCCN3C)oc12. The highest BCUT2D eigenvalue weighted by Crippen LogP contribution is 2.24. The van der Waals surface area contributed by atoms with Crippen molar-refractivity contribution < 1.29 is 9.21 Å². The van der Waals surface area contributed by atoms with Gasteiger partial charge in [-0.05, 0) is 52.2 Å². The van der Waals surface area contributed by atoms with E-state index < -0.39 is 0 Å². The summed E-state index contributed by atoms with van der Waals surface area (Å²) in [6.07, 6.45) is 1.09. The topological polar surface area (TPSA) is 36.7 Å². The van der Waals surface area contributed by atoms with Gasteiger partial charge in [-0.15, -0.1) is 0 Å². The lowest BCUT2D eigenvalue weighted by molar-refractivity contribution is 0.0813.